The molecule has 3 aromatic heterocycles. The molecule has 13 nitrogen and oxygen atoms in total. The summed E-state index contributed by atoms with van der Waals surface area (Å²) in [5.74, 6) is -0.741. The molecule has 0 spiro atoms. The molecule has 2 aliphatic carbocycles. The zero-order chi connectivity index (χ0) is 36.2. The van der Waals surface area contributed by atoms with Gasteiger partial charge in [0.15, 0.2) is 22.6 Å². The van der Waals surface area contributed by atoms with Crippen LogP contribution in [0.3, 0.4) is 0 Å². The van der Waals surface area contributed by atoms with Crippen molar-refractivity contribution >= 4 is 51.8 Å². The summed E-state index contributed by atoms with van der Waals surface area (Å²) < 4.78 is 41.3. The van der Waals surface area contributed by atoms with E-state index in [1.54, 1.807) is 22.6 Å². The zero-order valence-electron chi connectivity index (χ0n) is 27.9. The van der Waals surface area contributed by atoms with Gasteiger partial charge in [-0.25, -0.2) is 19.9 Å². The molecule has 0 radical (unpaired) electrons. The predicted octanol–water partition coefficient (Wildman–Crippen LogP) is 4.56. The fourth-order valence-corrected chi connectivity index (χ4v) is 6.84. The van der Waals surface area contributed by atoms with Crippen molar-refractivity contribution in [1.29, 1.82) is 0 Å². The summed E-state index contributed by atoms with van der Waals surface area (Å²) in [4.78, 5) is 64.4. The number of pyridine rings is 1. The maximum Gasteiger partial charge on any atom is 0.416 e. The first kappa shape index (κ1) is 34.5. The highest BCUT2D eigenvalue weighted by Gasteiger charge is 2.40. The van der Waals surface area contributed by atoms with Crippen molar-refractivity contribution in [3.05, 3.63) is 68.6 Å². The van der Waals surface area contributed by atoms with Crippen LogP contribution in [0.5, 0.6) is 5.75 Å². The average molecular weight is 726 g/mol. The standard InChI is InChI=1S/C34H35ClF3N9O4/c1-3-24-29(44-10-12-45(13-11-44)33(51)28-30(49)18(2)40-17-41-28)31(50)27-32(39-15-25(43-27)47(20-5-6-20)21-7-8-21)46(24)16-26(48)42-23-9-4-19(14-22(23)35)34(36,37)38/h4,9,14-15,17,20-21,49H,3,5-8,10-13,16H2,1-2H3,(H,42,48). The number of carbonyl (C=O) groups excluding carboxylic acids is 2. The van der Waals surface area contributed by atoms with Crippen molar-refractivity contribution in [1.82, 2.24) is 29.4 Å². The molecule has 2 N–H and O–H groups in total. The monoisotopic (exact) mass is 725 g/mol. The Labute approximate surface area is 295 Å². The topological polar surface area (TPSA) is 150 Å². The number of hydrogen-bond acceptors (Lipinski definition) is 10. The van der Waals surface area contributed by atoms with Crippen LogP contribution in [-0.4, -0.2) is 84.6 Å². The normalized spacial score (nSPS) is 16.4. The van der Waals surface area contributed by atoms with E-state index in [0.717, 1.165) is 43.9 Å². The van der Waals surface area contributed by atoms with Gasteiger partial charge < -0.3 is 29.7 Å². The number of alkyl halides is 3. The molecule has 51 heavy (non-hydrogen) atoms. The van der Waals surface area contributed by atoms with E-state index in [1.807, 2.05) is 11.8 Å². The number of benzene rings is 1. The van der Waals surface area contributed by atoms with Crippen LogP contribution in [0, 0.1) is 6.92 Å². The molecule has 3 aliphatic rings. The van der Waals surface area contributed by atoms with Gasteiger partial charge in [0.1, 0.15) is 24.4 Å². The van der Waals surface area contributed by atoms with Crippen LogP contribution in [-0.2, 0) is 23.9 Å². The SMILES string of the molecule is CCc1c(N2CCN(C(=O)c3ncnc(C)c3O)CC2)c(=O)c2nc(N(C3CC3)C3CC3)cnc2n1CC(=O)Nc1ccc(C(F)(F)F)cc1Cl. The summed E-state index contributed by atoms with van der Waals surface area (Å²) in [6.45, 7) is 4.05. The van der Waals surface area contributed by atoms with Gasteiger partial charge in [0.2, 0.25) is 11.3 Å². The van der Waals surface area contributed by atoms with E-state index in [9.17, 15) is 32.7 Å². The fourth-order valence-electron chi connectivity index (χ4n) is 6.61. The van der Waals surface area contributed by atoms with Gasteiger partial charge in [0, 0.05) is 44.0 Å². The van der Waals surface area contributed by atoms with E-state index in [0.29, 0.717) is 35.7 Å². The molecule has 0 unspecified atom stereocenters. The van der Waals surface area contributed by atoms with E-state index >= 15 is 0 Å². The van der Waals surface area contributed by atoms with E-state index < -0.39 is 23.6 Å². The molecule has 268 valence electrons. The fraction of sp³-hybridized carbons (Fsp3) is 0.441. The van der Waals surface area contributed by atoms with Crippen LogP contribution in [0.25, 0.3) is 11.2 Å². The van der Waals surface area contributed by atoms with Crippen LogP contribution in [0.4, 0.5) is 30.4 Å². The Morgan fingerprint density at radius 1 is 1.06 bits per heavy atom. The van der Waals surface area contributed by atoms with Crippen molar-refractivity contribution in [2.75, 3.05) is 41.3 Å². The molecule has 1 aliphatic heterocycles. The number of aryl methyl sites for hydroxylation is 1. The molecule has 0 bridgehead atoms. The lowest BCUT2D eigenvalue weighted by Crippen LogP contribution is -2.50. The molecule has 0 atom stereocenters. The highest BCUT2D eigenvalue weighted by molar-refractivity contribution is 6.33. The van der Waals surface area contributed by atoms with Crippen molar-refractivity contribution in [3.63, 3.8) is 0 Å². The summed E-state index contributed by atoms with van der Waals surface area (Å²) in [7, 11) is 0. The largest absolute Gasteiger partial charge is 0.504 e. The summed E-state index contributed by atoms with van der Waals surface area (Å²) in [5.41, 5.74) is 0.00926. The highest BCUT2D eigenvalue weighted by Crippen LogP contribution is 2.40. The van der Waals surface area contributed by atoms with Gasteiger partial charge in [0.05, 0.1) is 28.2 Å². The Kier molecular flexibility index (Phi) is 8.98. The smallest absolute Gasteiger partial charge is 0.416 e. The van der Waals surface area contributed by atoms with Crippen molar-refractivity contribution < 1.29 is 27.9 Å². The van der Waals surface area contributed by atoms with Crippen molar-refractivity contribution in [2.24, 2.45) is 0 Å². The number of hydrogen-bond donors (Lipinski definition) is 2. The van der Waals surface area contributed by atoms with Gasteiger partial charge in [-0.05, 0) is 57.2 Å². The average Bonchev–Trinajstić information content (AvgIpc) is 4.05. The van der Waals surface area contributed by atoms with Crippen LogP contribution < -0.4 is 20.5 Å². The van der Waals surface area contributed by atoms with Gasteiger partial charge >= 0.3 is 6.18 Å². The van der Waals surface area contributed by atoms with E-state index in [4.69, 9.17) is 21.6 Å². The minimum absolute atomic E-state index is 0.00174. The lowest BCUT2D eigenvalue weighted by molar-refractivity contribution is -0.137. The lowest BCUT2D eigenvalue weighted by Gasteiger charge is -2.37. The quantitative estimate of drug-likeness (QED) is 0.252. The third-order valence-corrected chi connectivity index (χ3v) is 9.78. The number of amides is 2. The molecule has 7 rings (SSSR count). The second-order valence-electron chi connectivity index (χ2n) is 13.0. The van der Waals surface area contributed by atoms with E-state index in [-0.39, 0.29) is 77.2 Å². The zero-order valence-corrected chi connectivity index (χ0v) is 28.6. The minimum Gasteiger partial charge on any atom is -0.504 e. The molecule has 1 saturated heterocycles. The Balaban J connectivity index is 1.24. The number of halogens is 4. The summed E-state index contributed by atoms with van der Waals surface area (Å²) in [6, 6.07) is 3.35. The summed E-state index contributed by atoms with van der Waals surface area (Å²) in [5, 5.41) is 12.7. The van der Waals surface area contributed by atoms with Crippen molar-refractivity contribution in [2.45, 2.75) is 70.8 Å². The number of anilines is 3. The molecular formula is C34H35ClF3N9O4. The molecule has 3 fully saturated rings. The molecule has 2 saturated carbocycles. The van der Waals surface area contributed by atoms with Crippen LogP contribution in [0.2, 0.25) is 5.02 Å². The number of aromatic hydroxyl groups is 1. The highest BCUT2D eigenvalue weighted by atomic mass is 35.5. The van der Waals surface area contributed by atoms with Gasteiger partial charge in [0.25, 0.3) is 5.91 Å². The number of fused-ring (bicyclic) bond motifs is 1. The number of carbonyl (C=O) groups is 2. The molecule has 1 aromatic carbocycles. The van der Waals surface area contributed by atoms with E-state index in [1.165, 1.54) is 6.33 Å². The van der Waals surface area contributed by atoms with Gasteiger partial charge in [-0.1, -0.05) is 18.5 Å². The molecule has 2 amide bonds. The number of nitrogens with one attached hydrogen (secondary N) is 1. The van der Waals surface area contributed by atoms with Gasteiger partial charge in [-0.15, -0.1) is 0 Å². The Bertz CT molecular complexity index is 2080. The third kappa shape index (κ3) is 6.76. The van der Waals surface area contributed by atoms with Gasteiger partial charge in [-0.3, -0.25) is 14.4 Å². The Hall–Kier alpha value is -4.99. The molecule has 4 aromatic rings. The second kappa shape index (κ2) is 13.3. The number of piperazine rings is 1. The second-order valence-corrected chi connectivity index (χ2v) is 13.4. The maximum atomic E-state index is 14.4. The summed E-state index contributed by atoms with van der Waals surface area (Å²) in [6.07, 6.45) is 2.69. The predicted molar refractivity (Wildman–Crippen MR) is 183 cm³/mol. The first-order valence-corrected chi connectivity index (χ1v) is 17.2. The summed E-state index contributed by atoms with van der Waals surface area (Å²) >= 11 is 6.14. The third-order valence-electron chi connectivity index (χ3n) is 9.47. The first-order valence-electron chi connectivity index (χ1n) is 16.8. The molecule has 17 heteroatoms. The lowest BCUT2D eigenvalue weighted by atomic mass is 10.1. The van der Waals surface area contributed by atoms with Crippen molar-refractivity contribution in [3.8, 4) is 5.75 Å². The molecular weight excluding hydrogens is 691 g/mol. The minimum atomic E-state index is -4.60. The molecule has 4 heterocycles. The van der Waals surface area contributed by atoms with E-state index in [2.05, 4.69) is 20.2 Å². The van der Waals surface area contributed by atoms with Gasteiger partial charge in [-0.2, -0.15) is 13.2 Å². The van der Waals surface area contributed by atoms with Crippen LogP contribution in [0.15, 0.2) is 35.5 Å². The Morgan fingerprint density at radius 2 is 1.75 bits per heavy atom. The Morgan fingerprint density at radius 3 is 2.35 bits per heavy atom. The van der Waals surface area contributed by atoms with Crippen LogP contribution >= 0.6 is 11.6 Å². The number of nitrogens with zero attached hydrogens (tertiary/aromatic N) is 8. The maximum absolute atomic E-state index is 14.4. The van der Waals surface area contributed by atoms with Crippen LogP contribution in [0.1, 0.15) is 60.0 Å². The number of rotatable bonds is 9. The first-order chi connectivity index (χ1) is 24.3. The number of aromatic nitrogens is 5.